The Balaban J connectivity index is 1.90. The minimum Gasteiger partial charge on any atom is -0.388 e. The highest BCUT2D eigenvalue weighted by Crippen LogP contribution is 2.47. The number of phosphoric acid groups is 1. The lowest BCUT2D eigenvalue weighted by Crippen LogP contribution is -2.39. The summed E-state index contributed by atoms with van der Waals surface area (Å²) in [6.07, 6.45) is -4.04. The first kappa shape index (κ1) is 24.3. The van der Waals surface area contributed by atoms with E-state index in [1.807, 2.05) is 13.8 Å². The molecule has 4 unspecified atom stereocenters. The molecule has 2 aliphatic heterocycles. The Morgan fingerprint density at radius 1 is 1.11 bits per heavy atom. The van der Waals surface area contributed by atoms with Gasteiger partial charge in [0.25, 0.3) is 0 Å². The molecule has 28 heavy (non-hydrogen) atoms. The van der Waals surface area contributed by atoms with Crippen molar-refractivity contribution in [2.45, 2.75) is 88.9 Å². The van der Waals surface area contributed by atoms with Crippen LogP contribution in [0, 0.1) is 0 Å². The monoisotopic (exact) mass is 418 g/mol. The molecule has 8 atom stereocenters. The van der Waals surface area contributed by atoms with Crippen molar-refractivity contribution in [3.8, 4) is 0 Å². The van der Waals surface area contributed by atoms with Gasteiger partial charge in [0.1, 0.15) is 40.1 Å². The third-order valence-corrected chi connectivity index (χ3v) is 5.31. The minimum absolute atomic E-state index is 0.0358. The van der Waals surface area contributed by atoms with Crippen LogP contribution in [0.4, 0.5) is 0 Å². The molecular formula is C16H29B2O9P. The van der Waals surface area contributed by atoms with Gasteiger partial charge in [-0.2, -0.15) is 0 Å². The Hall–Kier alpha value is 0.0399. The summed E-state index contributed by atoms with van der Waals surface area (Å²) < 4.78 is 44.7. The van der Waals surface area contributed by atoms with E-state index >= 15 is 0 Å². The zero-order chi connectivity index (χ0) is 21.1. The van der Waals surface area contributed by atoms with Crippen molar-refractivity contribution in [2.75, 3.05) is 13.2 Å². The first-order valence-electron chi connectivity index (χ1n) is 9.41. The maximum Gasteiger partial charge on any atom is 0.472 e. The SMILES string of the molecule is [B][C@@H]1O[C@H](COP(=O)(O)OC2C[C@H]([B])O[C@@H]2COC(C)C)C(OC(C)C)C1O. The van der Waals surface area contributed by atoms with Crippen molar-refractivity contribution < 1.29 is 42.6 Å². The highest BCUT2D eigenvalue weighted by molar-refractivity contribution is 7.47. The molecule has 0 aromatic carbocycles. The van der Waals surface area contributed by atoms with E-state index in [1.54, 1.807) is 13.8 Å². The highest BCUT2D eigenvalue weighted by atomic mass is 31.2. The Bertz CT molecular complexity index is 538. The molecule has 0 spiro atoms. The van der Waals surface area contributed by atoms with Crippen LogP contribution in [-0.4, -0.2) is 93.6 Å². The average molecular weight is 418 g/mol. The van der Waals surface area contributed by atoms with E-state index in [0.29, 0.717) is 0 Å². The van der Waals surface area contributed by atoms with E-state index in [4.69, 9.17) is 43.7 Å². The maximum atomic E-state index is 12.4. The van der Waals surface area contributed by atoms with Crippen molar-refractivity contribution in [1.29, 1.82) is 0 Å². The second-order valence-corrected chi connectivity index (χ2v) is 8.92. The van der Waals surface area contributed by atoms with E-state index < -0.39 is 50.3 Å². The zero-order valence-electron chi connectivity index (χ0n) is 16.7. The number of rotatable bonds is 10. The third-order valence-electron chi connectivity index (χ3n) is 4.29. The molecule has 12 heteroatoms. The summed E-state index contributed by atoms with van der Waals surface area (Å²) in [6.45, 7) is 7.13. The van der Waals surface area contributed by atoms with Gasteiger partial charge in [0.05, 0.1) is 31.5 Å². The summed E-state index contributed by atoms with van der Waals surface area (Å²) in [4.78, 5) is 10.1. The van der Waals surface area contributed by atoms with Crippen LogP contribution in [0.1, 0.15) is 34.1 Å². The molecule has 4 radical (unpaired) electrons. The van der Waals surface area contributed by atoms with Gasteiger partial charge in [-0.1, -0.05) is 0 Å². The molecule has 0 aromatic heterocycles. The van der Waals surface area contributed by atoms with Crippen LogP contribution in [0.25, 0.3) is 0 Å². The molecule has 0 aliphatic carbocycles. The first-order chi connectivity index (χ1) is 13.0. The maximum absolute atomic E-state index is 12.4. The molecule has 2 N–H and O–H groups in total. The molecule has 2 aliphatic rings. The largest absolute Gasteiger partial charge is 0.472 e. The first-order valence-corrected chi connectivity index (χ1v) is 10.9. The smallest absolute Gasteiger partial charge is 0.388 e. The quantitative estimate of drug-likeness (QED) is 0.381. The van der Waals surface area contributed by atoms with E-state index in [1.165, 1.54) is 0 Å². The van der Waals surface area contributed by atoms with Crippen LogP contribution in [0.3, 0.4) is 0 Å². The number of hydrogen-bond acceptors (Lipinski definition) is 8. The molecule has 9 nitrogen and oxygen atoms in total. The molecule has 2 saturated heterocycles. The number of hydrogen-bond donors (Lipinski definition) is 2. The Kier molecular flexibility index (Phi) is 9.01. The number of aliphatic hydroxyl groups excluding tert-OH is 1. The zero-order valence-corrected chi connectivity index (χ0v) is 17.6. The molecule has 0 aromatic rings. The van der Waals surface area contributed by atoms with Gasteiger partial charge in [0.2, 0.25) is 0 Å². The predicted octanol–water partition coefficient (Wildman–Crippen LogP) is 0.245. The highest BCUT2D eigenvalue weighted by Gasteiger charge is 2.44. The van der Waals surface area contributed by atoms with Crippen molar-refractivity contribution in [3.63, 3.8) is 0 Å². The van der Waals surface area contributed by atoms with Crippen LogP contribution in [-0.2, 0) is 32.6 Å². The van der Waals surface area contributed by atoms with Crippen molar-refractivity contribution in [2.24, 2.45) is 0 Å². The Labute approximate surface area is 168 Å². The fraction of sp³-hybridized carbons (Fsp3) is 1.00. The van der Waals surface area contributed by atoms with E-state index in [0.717, 1.165) is 0 Å². The van der Waals surface area contributed by atoms with Gasteiger partial charge in [-0.25, -0.2) is 4.57 Å². The summed E-state index contributed by atoms with van der Waals surface area (Å²) in [5.74, 6) is 0. The number of aliphatic hydroxyl groups is 1. The number of phosphoric ester groups is 1. The molecule has 2 heterocycles. The van der Waals surface area contributed by atoms with Gasteiger partial charge >= 0.3 is 7.82 Å². The van der Waals surface area contributed by atoms with Gasteiger partial charge in [0, 0.05) is 12.0 Å². The molecule has 0 bridgehead atoms. The van der Waals surface area contributed by atoms with Crippen molar-refractivity contribution >= 4 is 23.5 Å². The van der Waals surface area contributed by atoms with Crippen molar-refractivity contribution in [1.82, 2.24) is 0 Å². The van der Waals surface area contributed by atoms with E-state index in [9.17, 15) is 14.6 Å². The topological polar surface area (TPSA) is 113 Å². The summed E-state index contributed by atoms with van der Waals surface area (Å²) in [7, 11) is 6.99. The lowest BCUT2D eigenvalue weighted by atomic mass is 9.93. The van der Waals surface area contributed by atoms with Crippen LogP contribution >= 0.6 is 7.82 Å². The lowest BCUT2D eigenvalue weighted by Gasteiger charge is -2.25. The van der Waals surface area contributed by atoms with Gasteiger partial charge < -0.3 is 28.9 Å². The minimum atomic E-state index is -4.45. The van der Waals surface area contributed by atoms with E-state index in [-0.39, 0.29) is 31.8 Å². The predicted molar refractivity (Wildman–Crippen MR) is 101 cm³/mol. The molecule has 0 amide bonds. The summed E-state index contributed by atoms with van der Waals surface area (Å²) in [5, 5.41) is 10.1. The molecule has 0 saturated carbocycles. The lowest BCUT2D eigenvalue weighted by molar-refractivity contribution is -0.0796. The molecule has 158 valence electrons. The number of ether oxygens (including phenoxy) is 4. The fourth-order valence-corrected chi connectivity index (χ4v) is 4.01. The fourth-order valence-electron chi connectivity index (χ4n) is 3.05. The average Bonchev–Trinajstić information content (AvgIpc) is 3.04. The van der Waals surface area contributed by atoms with Crippen molar-refractivity contribution in [3.05, 3.63) is 0 Å². The van der Waals surface area contributed by atoms with Crippen LogP contribution in [0.5, 0.6) is 0 Å². The molecular weight excluding hydrogens is 389 g/mol. The van der Waals surface area contributed by atoms with Gasteiger partial charge in [0.15, 0.2) is 0 Å². The summed E-state index contributed by atoms with van der Waals surface area (Å²) >= 11 is 0. The van der Waals surface area contributed by atoms with Crippen LogP contribution < -0.4 is 0 Å². The molecule has 2 rings (SSSR count). The standard InChI is InChI=1S/C16H29B2O9P/c1-8(2)22-6-11-10(5-13(17)25-11)27-28(20,21)23-7-12-15(24-9(3)4)14(19)16(18)26-12/h8-16,19H,5-7H2,1-4H3,(H,20,21)/t10?,11-,12-,13-,14?,15?,16-/m1/s1. The Morgan fingerprint density at radius 2 is 1.79 bits per heavy atom. The third kappa shape index (κ3) is 7.07. The second-order valence-electron chi connectivity index (χ2n) is 7.52. The van der Waals surface area contributed by atoms with Gasteiger partial charge in [-0.05, 0) is 34.1 Å². The van der Waals surface area contributed by atoms with Crippen LogP contribution in [0.15, 0.2) is 0 Å². The summed E-state index contributed by atoms with van der Waals surface area (Å²) in [5.41, 5.74) is 0. The van der Waals surface area contributed by atoms with Crippen LogP contribution in [0.2, 0.25) is 0 Å². The summed E-state index contributed by atoms with van der Waals surface area (Å²) in [6, 6.07) is -1.60. The second kappa shape index (κ2) is 10.4. The van der Waals surface area contributed by atoms with Gasteiger partial charge in [-0.15, -0.1) is 0 Å². The van der Waals surface area contributed by atoms with E-state index in [2.05, 4.69) is 0 Å². The Morgan fingerprint density at radius 3 is 2.39 bits per heavy atom. The van der Waals surface area contributed by atoms with Gasteiger partial charge in [-0.3, -0.25) is 9.05 Å². The molecule has 2 fully saturated rings. The normalized spacial score (nSPS) is 38.4.